The fourth-order valence-electron chi connectivity index (χ4n) is 1.86. The summed E-state index contributed by atoms with van der Waals surface area (Å²) in [7, 11) is -3.99. The fraction of sp³-hybridized carbons (Fsp3) is 0.471. The summed E-state index contributed by atoms with van der Waals surface area (Å²) in [5.74, 6) is -2.37. The van der Waals surface area contributed by atoms with Crippen molar-refractivity contribution in [2.75, 3.05) is 13.2 Å². The van der Waals surface area contributed by atoms with Crippen molar-refractivity contribution < 1.29 is 27.1 Å². The van der Waals surface area contributed by atoms with E-state index in [0.29, 0.717) is 0 Å². The molecule has 0 saturated heterocycles. The van der Waals surface area contributed by atoms with Crippen LogP contribution in [0.3, 0.4) is 0 Å². The first-order chi connectivity index (χ1) is 12.9. The molecule has 11 heteroatoms. The van der Waals surface area contributed by atoms with E-state index in [9.17, 15) is 22.4 Å². The number of carbonyl (C=O) groups is 2. The summed E-state index contributed by atoms with van der Waals surface area (Å²) in [5.41, 5.74) is -1.10. The molecular weight excluding hydrogens is 413 g/mol. The van der Waals surface area contributed by atoms with E-state index in [4.69, 9.17) is 21.6 Å². The molecule has 1 amide bonds. The Morgan fingerprint density at radius 3 is 2.57 bits per heavy atom. The van der Waals surface area contributed by atoms with Crippen LogP contribution in [0.5, 0.6) is 0 Å². The van der Waals surface area contributed by atoms with Crippen molar-refractivity contribution >= 4 is 33.5 Å². The molecule has 0 spiro atoms. The van der Waals surface area contributed by atoms with Crippen molar-refractivity contribution in [2.45, 2.75) is 37.6 Å². The number of nitrogens with one attached hydrogen (secondary N) is 2. The molecule has 0 bridgehead atoms. The Labute approximate surface area is 168 Å². The summed E-state index contributed by atoms with van der Waals surface area (Å²) >= 11 is 5.55. The normalized spacial score (nSPS) is 13.5. The lowest BCUT2D eigenvalue weighted by molar-refractivity contribution is -0.148. The molecule has 1 unspecified atom stereocenters. The van der Waals surface area contributed by atoms with Crippen molar-refractivity contribution in [1.82, 2.24) is 10.0 Å². The molecule has 28 heavy (non-hydrogen) atoms. The second-order valence-electron chi connectivity index (χ2n) is 6.40. The zero-order valence-electron chi connectivity index (χ0n) is 15.6. The predicted molar refractivity (Wildman–Crippen MR) is 99.2 cm³/mol. The van der Waals surface area contributed by atoms with Crippen LogP contribution in [-0.2, 0) is 24.3 Å². The molecule has 0 radical (unpaired) electrons. The maximum atomic E-state index is 13.1. The number of ether oxygens (including phenoxy) is 1. The number of nitrogens with zero attached hydrogens (tertiary/aromatic N) is 1. The van der Waals surface area contributed by atoms with Crippen LogP contribution in [-0.4, -0.2) is 39.0 Å². The number of nitriles is 1. The van der Waals surface area contributed by atoms with Crippen molar-refractivity contribution in [2.24, 2.45) is 5.92 Å². The van der Waals surface area contributed by atoms with Crippen LogP contribution in [0.15, 0.2) is 23.1 Å². The third-order valence-electron chi connectivity index (χ3n) is 3.97. The Bertz CT molecular complexity index is 885. The van der Waals surface area contributed by atoms with E-state index in [1.807, 2.05) is 6.07 Å². The summed E-state index contributed by atoms with van der Waals surface area (Å²) in [6, 6.07) is 4.88. The molecule has 0 aromatic heterocycles. The number of rotatable bonds is 9. The molecule has 0 aliphatic rings. The standard InChI is InChI=1S/C17H21ClFN3O5S/c1-11(2)17(3,10-20)22-15(23)9-27-16(24)6-7-21-28(25,26)12-4-5-14(19)13(18)8-12/h4-5,8,11,21H,6-7,9H2,1-3H3,(H,22,23). The highest BCUT2D eigenvalue weighted by Crippen LogP contribution is 2.19. The Morgan fingerprint density at radius 2 is 2.04 bits per heavy atom. The molecule has 1 aromatic carbocycles. The number of sulfonamides is 1. The smallest absolute Gasteiger partial charge is 0.307 e. The second kappa shape index (κ2) is 9.82. The zero-order chi connectivity index (χ0) is 21.5. The number of halogens is 2. The monoisotopic (exact) mass is 433 g/mol. The van der Waals surface area contributed by atoms with Gasteiger partial charge in [-0.05, 0) is 31.0 Å². The van der Waals surface area contributed by atoms with E-state index < -0.39 is 39.9 Å². The van der Waals surface area contributed by atoms with Gasteiger partial charge in [-0.1, -0.05) is 25.4 Å². The van der Waals surface area contributed by atoms with Crippen LogP contribution in [0.25, 0.3) is 0 Å². The molecule has 2 N–H and O–H groups in total. The Hall–Kier alpha value is -2.22. The van der Waals surface area contributed by atoms with Crippen molar-refractivity contribution in [3.05, 3.63) is 29.0 Å². The summed E-state index contributed by atoms with van der Waals surface area (Å²) < 4.78 is 44.1. The van der Waals surface area contributed by atoms with Crippen LogP contribution in [0, 0.1) is 23.1 Å². The number of hydrogen-bond donors (Lipinski definition) is 2. The van der Waals surface area contributed by atoms with Crippen molar-refractivity contribution in [3.63, 3.8) is 0 Å². The largest absolute Gasteiger partial charge is 0.456 e. The average Bonchev–Trinajstić information content (AvgIpc) is 2.61. The Kier molecular flexibility index (Phi) is 8.35. The first-order valence-electron chi connectivity index (χ1n) is 8.24. The summed E-state index contributed by atoms with van der Waals surface area (Å²) in [6.07, 6.45) is -0.332. The molecule has 0 aliphatic carbocycles. The second-order valence-corrected chi connectivity index (χ2v) is 8.58. The third kappa shape index (κ3) is 6.74. The molecule has 0 saturated carbocycles. The molecule has 1 aromatic rings. The molecule has 1 atom stereocenters. The van der Waals surface area contributed by atoms with Crippen LogP contribution >= 0.6 is 11.6 Å². The van der Waals surface area contributed by atoms with Crippen LogP contribution < -0.4 is 10.0 Å². The van der Waals surface area contributed by atoms with Gasteiger partial charge in [0.2, 0.25) is 10.0 Å². The van der Waals surface area contributed by atoms with Gasteiger partial charge in [0, 0.05) is 6.54 Å². The molecule has 1 rings (SSSR count). The highest BCUT2D eigenvalue weighted by Gasteiger charge is 2.30. The van der Waals surface area contributed by atoms with Gasteiger partial charge in [-0.15, -0.1) is 0 Å². The number of hydrogen-bond acceptors (Lipinski definition) is 6. The minimum atomic E-state index is -3.99. The molecule has 154 valence electrons. The minimum Gasteiger partial charge on any atom is -0.456 e. The average molecular weight is 434 g/mol. The van der Waals surface area contributed by atoms with E-state index in [1.54, 1.807) is 20.8 Å². The van der Waals surface area contributed by atoms with Crippen molar-refractivity contribution in [3.8, 4) is 6.07 Å². The van der Waals surface area contributed by atoms with Gasteiger partial charge in [-0.25, -0.2) is 17.5 Å². The summed E-state index contributed by atoms with van der Waals surface area (Å²) in [5, 5.41) is 11.3. The van der Waals surface area contributed by atoms with E-state index in [2.05, 4.69) is 10.0 Å². The number of carbonyl (C=O) groups excluding carboxylic acids is 2. The van der Waals surface area contributed by atoms with Gasteiger partial charge >= 0.3 is 5.97 Å². The quantitative estimate of drug-likeness (QED) is 0.571. The summed E-state index contributed by atoms with van der Waals surface area (Å²) in [6.45, 7) is 4.18. The molecular formula is C17H21ClFN3O5S. The van der Waals surface area contributed by atoms with Crippen LogP contribution in [0.2, 0.25) is 5.02 Å². The third-order valence-corrected chi connectivity index (χ3v) is 5.72. The van der Waals surface area contributed by atoms with Gasteiger partial charge in [0.05, 0.1) is 22.4 Å². The maximum absolute atomic E-state index is 13.1. The highest BCUT2D eigenvalue weighted by atomic mass is 35.5. The van der Waals surface area contributed by atoms with Gasteiger partial charge in [-0.2, -0.15) is 5.26 Å². The number of benzene rings is 1. The molecule has 0 aliphatic heterocycles. The fourth-order valence-corrected chi connectivity index (χ4v) is 3.16. The van der Waals surface area contributed by atoms with E-state index in [1.165, 1.54) is 0 Å². The number of esters is 1. The van der Waals surface area contributed by atoms with Gasteiger partial charge in [0.1, 0.15) is 11.4 Å². The van der Waals surface area contributed by atoms with E-state index >= 15 is 0 Å². The van der Waals surface area contributed by atoms with Gasteiger partial charge in [0.15, 0.2) is 6.61 Å². The summed E-state index contributed by atoms with van der Waals surface area (Å²) in [4.78, 5) is 23.2. The Balaban J connectivity index is 2.47. The predicted octanol–water partition coefficient (Wildman–Crippen LogP) is 1.75. The van der Waals surface area contributed by atoms with Crippen LogP contribution in [0.1, 0.15) is 27.2 Å². The molecule has 0 heterocycles. The van der Waals surface area contributed by atoms with Crippen molar-refractivity contribution in [1.29, 1.82) is 5.26 Å². The highest BCUT2D eigenvalue weighted by molar-refractivity contribution is 7.89. The number of amides is 1. The van der Waals surface area contributed by atoms with Gasteiger partial charge in [-0.3, -0.25) is 9.59 Å². The molecule has 8 nitrogen and oxygen atoms in total. The Morgan fingerprint density at radius 1 is 1.39 bits per heavy atom. The first-order valence-corrected chi connectivity index (χ1v) is 10.1. The van der Waals surface area contributed by atoms with E-state index in [-0.39, 0.29) is 28.8 Å². The lowest BCUT2D eigenvalue weighted by Crippen LogP contribution is -2.50. The topological polar surface area (TPSA) is 125 Å². The molecule has 0 fully saturated rings. The van der Waals surface area contributed by atoms with Gasteiger partial charge in [0.25, 0.3) is 5.91 Å². The van der Waals surface area contributed by atoms with Crippen LogP contribution in [0.4, 0.5) is 4.39 Å². The van der Waals surface area contributed by atoms with Gasteiger partial charge < -0.3 is 10.1 Å². The lowest BCUT2D eigenvalue weighted by atomic mass is 9.90. The SMILES string of the molecule is CC(C)C(C)(C#N)NC(=O)COC(=O)CCNS(=O)(=O)c1ccc(F)c(Cl)c1. The minimum absolute atomic E-state index is 0.161. The van der Waals surface area contributed by atoms with E-state index in [0.717, 1.165) is 18.2 Å². The maximum Gasteiger partial charge on any atom is 0.307 e. The first kappa shape index (κ1) is 23.8. The zero-order valence-corrected chi connectivity index (χ0v) is 17.2. The lowest BCUT2D eigenvalue weighted by Gasteiger charge is -2.27.